The number of nitrogens with two attached hydrogens (primary N) is 1. The van der Waals surface area contributed by atoms with Gasteiger partial charge in [0.2, 0.25) is 0 Å². The quantitative estimate of drug-likeness (QED) is 0.0435. The van der Waals surface area contributed by atoms with E-state index < -0.39 is 35.1 Å². The van der Waals surface area contributed by atoms with E-state index in [1.54, 1.807) is 36.5 Å². The van der Waals surface area contributed by atoms with Crippen molar-refractivity contribution in [2.45, 2.75) is 29.7 Å². The van der Waals surface area contributed by atoms with Crippen molar-refractivity contribution >= 4 is 57.8 Å². The van der Waals surface area contributed by atoms with Crippen LogP contribution >= 0.6 is 23.2 Å². The Balaban J connectivity index is 0.942. The van der Waals surface area contributed by atoms with Crippen LogP contribution in [0.4, 0.5) is 40.3 Å². The molecular weight excluding hydrogens is 907 g/mol. The molecule has 3 saturated heterocycles. The number of H-pyrrole nitrogens is 2. The number of carbonyl (C=O) groups is 2. The van der Waals surface area contributed by atoms with Gasteiger partial charge < -0.3 is 46.1 Å². The molecule has 2 amide bonds. The number of hydrogen-bond donors (Lipinski definition) is 7. The molecule has 0 saturated carbocycles. The normalized spacial score (nSPS) is 19.2. The fourth-order valence-corrected chi connectivity index (χ4v) is 9.02. The zero-order valence-electron chi connectivity index (χ0n) is 34.7. The van der Waals surface area contributed by atoms with Crippen LogP contribution in [0.5, 0.6) is 11.5 Å². The van der Waals surface area contributed by atoms with Crippen LogP contribution in [0.1, 0.15) is 26.4 Å². The van der Waals surface area contributed by atoms with Gasteiger partial charge in [0.25, 0.3) is 11.8 Å². The number of anilines is 4. The van der Waals surface area contributed by atoms with Gasteiger partial charge in [0.1, 0.15) is 11.5 Å². The number of nitrogens with zero attached hydrogens (tertiary/aromatic N) is 4. The molecule has 3 aliphatic heterocycles. The highest BCUT2D eigenvalue weighted by Crippen LogP contribution is 2.45. The van der Waals surface area contributed by atoms with Gasteiger partial charge in [-0.15, -0.1) is 17.6 Å². The number of carbonyl (C=O) groups excluding carboxylic acids is 2. The second-order valence-electron chi connectivity index (χ2n) is 16.6. The number of amides is 2. The van der Waals surface area contributed by atoms with Gasteiger partial charge in [0.05, 0.1) is 23.2 Å². The van der Waals surface area contributed by atoms with Crippen molar-refractivity contribution in [1.29, 1.82) is 0 Å². The van der Waals surface area contributed by atoms with E-state index in [2.05, 4.69) is 45.6 Å². The van der Waals surface area contributed by atoms with E-state index in [9.17, 15) is 32.3 Å². The number of ether oxygens (including phenoxy) is 2. The zero-order valence-corrected chi connectivity index (χ0v) is 36.2. The Kier molecular flexibility index (Phi) is 12.1. The first-order valence-electron chi connectivity index (χ1n) is 20.8. The second kappa shape index (κ2) is 17.8. The summed E-state index contributed by atoms with van der Waals surface area (Å²) in [5, 5.41) is 34.8. The number of rotatable bonds is 14. The lowest BCUT2D eigenvalue weighted by molar-refractivity contribution is -0.0972. The average Bonchev–Trinajstić information content (AvgIpc) is 4.09. The summed E-state index contributed by atoms with van der Waals surface area (Å²) in [4.78, 5) is 31.3. The minimum absolute atomic E-state index is 0.0795. The Hall–Kier alpha value is -6.38. The molecule has 0 bridgehead atoms. The number of aromatic amines is 2. The van der Waals surface area contributed by atoms with Gasteiger partial charge >= 0.3 is 11.1 Å². The fraction of sp³-hybridized carbons (Fsp3) is 0.289. The number of aliphatic hydroxyl groups is 1. The number of alkyl halides is 6. The Morgan fingerprint density at radius 1 is 0.758 bits per heavy atom. The topological polar surface area (TPSA) is 199 Å². The van der Waals surface area contributed by atoms with Gasteiger partial charge in [-0.3, -0.25) is 19.8 Å². The summed E-state index contributed by atoms with van der Waals surface area (Å²) < 4.78 is 61.2. The van der Waals surface area contributed by atoms with Crippen LogP contribution in [0.3, 0.4) is 0 Å². The minimum atomic E-state index is -3.88. The lowest BCUT2D eigenvalue weighted by Crippen LogP contribution is -2.58. The van der Waals surface area contributed by atoms with Crippen molar-refractivity contribution in [3.8, 4) is 34.0 Å². The second-order valence-corrected chi connectivity index (χ2v) is 17.5. The summed E-state index contributed by atoms with van der Waals surface area (Å²) in [6.07, 6.45) is 1.52. The molecule has 66 heavy (non-hydrogen) atoms. The summed E-state index contributed by atoms with van der Waals surface area (Å²) in [7, 11) is 0. The summed E-state index contributed by atoms with van der Waals surface area (Å²) in [5.74, 6) is -1.05. The molecule has 9 rings (SSSR count). The number of aliphatic hydroxyl groups excluding tert-OH is 1. The standard InChI is InChI=1S/C45H42Cl2F4N10O5/c46-44(48,49)65-31-7-3-28(4-8-31)55-41(63)25-2-12-39(33(15-25)36-13-14-54-58-36)61-19-27(43(24-61)22-53-23-43)17-30-18-37(59-57-30)34-16-26(1-11-38(34)60-20-35(52)40(62)21-60)42(64)56-29-5-9-32(10-6-29)66-45(47,50)51/h1-16,18,27,35,40,53,62H,17,19-24,52H2,(H,54,58)(H,55,63)(H,56,64)(H,57,59)/t27?,35-,40-/m0/s1. The van der Waals surface area contributed by atoms with E-state index >= 15 is 0 Å². The van der Waals surface area contributed by atoms with E-state index in [4.69, 9.17) is 34.0 Å². The minimum Gasteiger partial charge on any atom is -0.420 e. The molecule has 15 nitrogen and oxygen atoms in total. The smallest absolute Gasteiger partial charge is 0.420 e. The highest BCUT2D eigenvalue weighted by molar-refractivity contribution is 6.21. The molecular formula is C45H42Cl2F4N10O5. The molecule has 3 aliphatic rings. The van der Waals surface area contributed by atoms with Crippen molar-refractivity contribution < 1.29 is 41.7 Å². The first-order chi connectivity index (χ1) is 31.5. The lowest BCUT2D eigenvalue weighted by atomic mass is 9.71. The molecule has 5 heterocycles. The molecule has 1 unspecified atom stereocenters. The van der Waals surface area contributed by atoms with Crippen molar-refractivity contribution in [2.24, 2.45) is 17.1 Å². The summed E-state index contributed by atoms with van der Waals surface area (Å²) in [6, 6.07) is 24.8. The number of halogens is 6. The van der Waals surface area contributed by atoms with Crippen LogP contribution in [-0.2, 0) is 6.42 Å². The highest BCUT2D eigenvalue weighted by atomic mass is 35.5. The predicted octanol–water partition coefficient (Wildman–Crippen LogP) is 7.08. The maximum atomic E-state index is 13.6. The predicted molar refractivity (Wildman–Crippen MR) is 241 cm³/mol. The first-order valence-corrected chi connectivity index (χ1v) is 21.5. The zero-order chi connectivity index (χ0) is 46.4. The van der Waals surface area contributed by atoms with Crippen molar-refractivity contribution in [3.63, 3.8) is 0 Å². The Bertz CT molecular complexity index is 2700. The molecule has 0 aliphatic carbocycles. The number of benzene rings is 4. The highest BCUT2D eigenvalue weighted by Gasteiger charge is 2.51. The van der Waals surface area contributed by atoms with Gasteiger partial charge in [0, 0.05) is 125 Å². The van der Waals surface area contributed by atoms with Gasteiger partial charge in [-0.2, -0.15) is 10.2 Å². The summed E-state index contributed by atoms with van der Waals surface area (Å²) in [6.45, 7) is 3.69. The van der Waals surface area contributed by atoms with Gasteiger partial charge in [-0.05, 0) is 109 Å². The Morgan fingerprint density at radius 2 is 1.32 bits per heavy atom. The number of aromatic nitrogens is 4. The van der Waals surface area contributed by atoms with Crippen LogP contribution in [0, 0.1) is 11.3 Å². The molecule has 2 aromatic heterocycles. The van der Waals surface area contributed by atoms with Crippen LogP contribution in [0.25, 0.3) is 22.5 Å². The van der Waals surface area contributed by atoms with E-state index in [0.717, 1.165) is 42.3 Å². The molecule has 8 N–H and O–H groups in total. The lowest BCUT2D eigenvalue weighted by Gasteiger charge is -2.43. The van der Waals surface area contributed by atoms with Crippen LogP contribution in [0.15, 0.2) is 103 Å². The Labute approximate surface area is 384 Å². The molecule has 3 fully saturated rings. The van der Waals surface area contributed by atoms with Gasteiger partial charge in [0.15, 0.2) is 0 Å². The van der Waals surface area contributed by atoms with Crippen LogP contribution < -0.4 is 41.0 Å². The summed E-state index contributed by atoms with van der Waals surface area (Å²) in [5.41, 5.74) is 5.03. The number of nitrogens with one attached hydrogen (secondary N) is 5. The largest absolute Gasteiger partial charge is 0.487 e. The van der Waals surface area contributed by atoms with Crippen molar-refractivity contribution in [3.05, 3.63) is 120 Å². The maximum absolute atomic E-state index is 13.6. The SMILES string of the molecule is N[C@H]1CN(c2ccc(C(=O)Nc3ccc(OC(F)(F)Cl)cc3)cc2-c2cc(CC3CN(c4ccc(C(=O)Nc5ccc(OC(F)(F)Cl)cc5)cc4-c4ccn[nH]4)CC34CNC4)n[nH]2)C[C@@H]1O. The monoisotopic (exact) mass is 948 g/mol. The van der Waals surface area contributed by atoms with E-state index in [1.807, 2.05) is 23.1 Å². The van der Waals surface area contributed by atoms with Crippen molar-refractivity contribution in [1.82, 2.24) is 25.7 Å². The third kappa shape index (κ3) is 9.90. The number of β-amino-alcohol motifs (C(OH)–C–C–N with tert-alkyl or cyclic N) is 1. The van der Waals surface area contributed by atoms with Gasteiger partial charge in [-0.25, -0.2) is 0 Å². The average molecular weight is 950 g/mol. The fourth-order valence-electron chi connectivity index (χ4n) is 8.84. The third-order valence-corrected chi connectivity index (χ3v) is 12.3. The molecule has 4 aromatic carbocycles. The first kappa shape index (κ1) is 44.8. The number of hydrogen-bond acceptors (Lipinski definition) is 11. The van der Waals surface area contributed by atoms with Crippen molar-refractivity contribution in [2.75, 3.05) is 59.7 Å². The van der Waals surface area contributed by atoms with Gasteiger partial charge in [-0.1, -0.05) is 0 Å². The van der Waals surface area contributed by atoms with E-state index in [0.29, 0.717) is 65.5 Å². The summed E-state index contributed by atoms with van der Waals surface area (Å²) >= 11 is 9.76. The molecule has 21 heteroatoms. The van der Waals surface area contributed by atoms with Crippen LogP contribution in [-0.4, -0.2) is 99.9 Å². The van der Waals surface area contributed by atoms with E-state index in [-0.39, 0.29) is 22.8 Å². The molecule has 1 spiro atoms. The van der Waals surface area contributed by atoms with Crippen LogP contribution in [0.2, 0.25) is 0 Å². The molecule has 344 valence electrons. The maximum Gasteiger partial charge on any atom is 0.487 e. The molecule has 0 radical (unpaired) electrons. The Morgan fingerprint density at radius 3 is 1.80 bits per heavy atom. The molecule has 3 atom stereocenters. The third-order valence-electron chi connectivity index (χ3n) is 12.2. The van der Waals surface area contributed by atoms with E-state index in [1.165, 1.54) is 48.5 Å². The molecule has 6 aromatic rings.